The van der Waals surface area contributed by atoms with Crippen LogP contribution in [0.5, 0.6) is 0 Å². The highest BCUT2D eigenvalue weighted by molar-refractivity contribution is 7.08. The lowest BCUT2D eigenvalue weighted by molar-refractivity contribution is -0.137. The highest BCUT2D eigenvalue weighted by atomic mass is 35.5. The van der Waals surface area contributed by atoms with Crippen molar-refractivity contribution in [2.45, 2.75) is 12.7 Å². The second kappa shape index (κ2) is 5.73. The molecule has 0 aliphatic rings. The Kier molecular flexibility index (Phi) is 4.78. The third-order valence-corrected chi connectivity index (χ3v) is 3.17. The third kappa shape index (κ3) is 3.04. The highest BCUT2D eigenvalue weighted by Gasteiger charge is 2.30. The molecule has 0 amide bonds. The molecule has 0 unspecified atom stereocenters. The normalized spacial score (nSPS) is 11.1. The Morgan fingerprint density at radius 1 is 1.17 bits per heavy atom. The van der Waals surface area contributed by atoms with Gasteiger partial charge in [0.15, 0.2) is 0 Å². The van der Waals surface area contributed by atoms with Gasteiger partial charge in [0, 0.05) is 6.54 Å². The molecular weight excluding hydrogens is 283 g/mol. The summed E-state index contributed by atoms with van der Waals surface area (Å²) in [5.41, 5.74) is 7.03. The fourth-order valence-corrected chi connectivity index (χ4v) is 2.29. The first kappa shape index (κ1) is 15.0. The summed E-state index contributed by atoms with van der Waals surface area (Å²) in [5.74, 6) is 0. The van der Waals surface area contributed by atoms with Gasteiger partial charge in [-0.1, -0.05) is 6.07 Å². The van der Waals surface area contributed by atoms with Crippen LogP contribution in [0.3, 0.4) is 0 Å². The molecule has 0 spiro atoms. The van der Waals surface area contributed by atoms with E-state index in [1.54, 1.807) is 0 Å². The van der Waals surface area contributed by atoms with Gasteiger partial charge in [-0.05, 0) is 45.6 Å². The predicted octanol–water partition coefficient (Wildman–Crippen LogP) is 4.31. The van der Waals surface area contributed by atoms with Crippen LogP contribution in [-0.4, -0.2) is 0 Å². The van der Waals surface area contributed by atoms with Crippen molar-refractivity contribution in [3.05, 3.63) is 46.2 Å². The van der Waals surface area contributed by atoms with Crippen LogP contribution >= 0.6 is 23.7 Å². The molecule has 2 aromatic rings. The molecule has 98 valence electrons. The molecular formula is C12H11ClF3NS. The second-order valence-electron chi connectivity index (χ2n) is 3.59. The van der Waals surface area contributed by atoms with Gasteiger partial charge in [-0.15, -0.1) is 12.4 Å². The summed E-state index contributed by atoms with van der Waals surface area (Å²) < 4.78 is 37.6. The summed E-state index contributed by atoms with van der Waals surface area (Å²) in [4.78, 5) is 0. The topological polar surface area (TPSA) is 26.0 Å². The van der Waals surface area contributed by atoms with Gasteiger partial charge in [0.25, 0.3) is 0 Å². The summed E-state index contributed by atoms with van der Waals surface area (Å²) in [7, 11) is 0. The van der Waals surface area contributed by atoms with Crippen molar-refractivity contribution < 1.29 is 13.2 Å². The molecule has 0 saturated carbocycles. The van der Waals surface area contributed by atoms with Crippen molar-refractivity contribution in [3.8, 4) is 11.1 Å². The number of hydrogen-bond acceptors (Lipinski definition) is 2. The standard InChI is InChI=1S/C12H10F3NS.ClH/c13-12(14,15)10-1-2-11(9(5-10)6-16)8-3-4-17-7-8;/h1-5,7H,6,16H2;1H. The predicted molar refractivity (Wildman–Crippen MR) is 69.9 cm³/mol. The molecule has 0 aliphatic carbocycles. The van der Waals surface area contributed by atoms with Crippen LogP contribution in [0.25, 0.3) is 11.1 Å². The Balaban J connectivity index is 0.00000162. The molecule has 0 atom stereocenters. The second-order valence-corrected chi connectivity index (χ2v) is 4.37. The lowest BCUT2D eigenvalue weighted by Gasteiger charge is -2.11. The van der Waals surface area contributed by atoms with E-state index in [2.05, 4.69) is 0 Å². The van der Waals surface area contributed by atoms with Crippen LogP contribution in [-0.2, 0) is 12.7 Å². The number of benzene rings is 1. The SMILES string of the molecule is Cl.NCc1cc(C(F)(F)F)ccc1-c1ccsc1. The van der Waals surface area contributed by atoms with Crippen molar-refractivity contribution in [2.24, 2.45) is 5.73 Å². The third-order valence-electron chi connectivity index (χ3n) is 2.48. The first-order valence-corrected chi connectivity index (χ1v) is 5.89. The monoisotopic (exact) mass is 293 g/mol. The van der Waals surface area contributed by atoms with Crippen LogP contribution in [0, 0.1) is 0 Å². The van der Waals surface area contributed by atoms with Crippen LogP contribution < -0.4 is 5.73 Å². The largest absolute Gasteiger partial charge is 0.416 e. The van der Waals surface area contributed by atoms with Crippen LogP contribution in [0.1, 0.15) is 11.1 Å². The van der Waals surface area contributed by atoms with E-state index in [-0.39, 0.29) is 19.0 Å². The maximum Gasteiger partial charge on any atom is 0.416 e. The lowest BCUT2D eigenvalue weighted by Crippen LogP contribution is -2.07. The van der Waals surface area contributed by atoms with Crippen molar-refractivity contribution in [2.75, 3.05) is 0 Å². The first-order valence-electron chi connectivity index (χ1n) is 4.95. The minimum absolute atomic E-state index is 0. The molecule has 0 fully saturated rings. The van der Waals surface area contributed by atoms with E-state index >= 15 is 0 Å². The Morgan fingerprint density at radius 3 is 2.39 bits per heavy atom. The van der Waals surface area contributed by atoms with Crippen molar-refractivity contribution in [3.63, 3.8) is 0 Å². The maximum absolute atomic E-state index is 12.5. The molecule has 0 bridgehead atoms. The number of hydrogen-bond donors (Lipinski definition) is 1. The molecule has 1 aromatic carbocycles. The van der Waals surface area contributed by atoms with Gasteiger partial charge in [-0.2, -0.15) is 24.5 Å². The number of halogens is 4. The van der Waals surface area contributed by atoms with E-state index in [0.29, 0.717) is 5.56 Å². The Morgan fingerprint density at radius 2 is 1.89 bits per heavy atom. The first-order chi connectivity index (χ1) is 8.02. The lowest BCUT2D eigenvalue weighted by atomic mass is 9.99. The van der Waals surface area contributed by atoms with E-state index in [1.807, 2.05) is 16.8 Å². The van der Waals surface area contributed by atoms with E-state index < -0.39 is 11.7 Å². The molecule has 1 aromatic heterocycles. The average Bonchev–Trinajstić information content (AvgIpc) is 2.80. The zero-order valence-corrected chi connectivity index (χ0v) is 10.8. The Labute approximate surface area is 113 Å². The Hall–Kier alpha value is -1.04. The zero-order valence-electron chi connectivity index (χ0n) is 9.20. The molecule has 1 nitrogen and oxygen atoms in total. The summed E-state index contributed by atoms with van der Waals surface area (Å²) >= 11 is 1.50. The molecule has 6 heteroatoms. The quantitative estimate of drug-likeness (QED) is 0.877. The Bertz CT molecular complexity index is 509. The summed E-state index contributed by atoms with van der Waals surface area (Å²) in [6.45, 7) is 0.0924. The molecule has 0 aliphatic heterocycles. The minimum atomic E-state index is -4.32. The number of nitrogens with two attached hydrogens (primary N) is 1. The smallest absolute Gasteiger partial charge is 0.326 e. The van der Waals surface area contributed by atoms with E-state index in [9.17, 15) is 13.2 Å². The van der Waals surface area contributed by atoms with Crippen molar-refractivity contribution in [1.82, 2.24) is 0 Å². The molecule has 1 heterocycles. The van der Waals surface area contributed by atoms with Crippen molar-refractivity contribution >= 4 is 23.7 Å². The van der Waals surface area contributed by atoms with Gasteiger partial charge < -0.3 is 5.73 Å². The maximum atomic E-state index is 12.5. The van der Waals surface area contributed by atoms with E-state index in [1.165, 1.54) is 17.4 Å². The summed E-state index contributed by atoms with van der Waals surface area (Å²) in [6, 6.07) is 5.55. The fraction of sp³-hybridized carbons (Fsp3) is 0.167. The van der Waals surface area contributed by atoms with Crippen LogP contribution in [0.2, 0.25) is 0 Å². The number of rotatable bonds is 2. The molecule has 2 rings (SSSR count). The van der Waals surface area contributed by atoms with Crippen molar-refractivity contribution in [1.29, 1.82) is 0 Å². The zero-order chi connectivity index (χ0) is 12.5. The van der Waals surface area contributed by atoms with Crippen LogP contribution in [0.15, 0.2) is 35.0 Å². The molecule has 0 radical (unpaired) electrons. The molecule has 2 N–H and O–H groups in total. The van der Waals surface area contributed by atoms with Gasteiger partial charge in [0.05, 0.1) is 5.56 Å². The molecule has 18 heavy (non-hydrogen) atoms. The van der Waals surface area contributed by atoms with Crippen LogP contribution in [0.4, 0.5) is 13.2 Å². The van der Waals surface area contributed by atoms with Gasteiger partial charge in [-0.3, -0.25) is 0 Å². The summed E-state index contributed by atoms with van der Waals surface area (Å²) in [6.07, 6.45) is -4.32. The van der Waals surface area contributed by atoms with E-state index in [4.69, 9.17) is 5.73 Å². The van der Waals surface area contributed by atoms with Gasteiger partial charge in [-0.25, -0.2) is 0 Å². The van der Waals surface area contributed by atoms with Gasteiger partial charge in [0.1, 0.15) is 0 Å². The highest BCUT2D eigenvalue weighted by Crippen LogP contribution is 2.33. The molecule has 0 saturated heterocycles. The summed E-state index contributed by atoms with van der Waals surface area (Å²) in [5, 5.41) is 3.77. The van der Waals surface area contributed by atoms with Gasteiger partial charge >= 0.3 is 6.18 Å². The number of thiophene rings is 1. The minimum Gasteiger partial charge on any atom is -0.326 e. The van der Waals surface area contributed by atoms with Gasteiger partial charge in [0.2, 0.25) is 0 Å². The van der Waals surface area contributed by atoms with E-state index in [0.717, 1.165) is 23.3 Å². The fourth-order valence-electron chi connectivity index (χ4n) is 1.64. The number of alkyl halides is 3. The average molecular weight is 294 g/mol.